The van der Waals surface area contributed by atoms with Crippen molar-refractivity contribution < 1.29 is 8.91 Å². The standard InChI is InChI=1S/C13H16FN3O/c1-9(2)8-15-13-16-12(17-18-13)7-10-4-3-5-11(14)6-10/h3-6,9H,7-8H2,1-2H3,(H,15,16,17). The number of rotatable bonds is 5. The predicted molar refractivity (Wildman–Crippen MR) is 66.8 cm³/mol. The molecule has 0 aliphatic heterocycles. The molecule has 4 nitrogen and oxygen atoms in total. The molecule has 0 aliphatic rings. The summed E-state index contributed by atoms with van der Waals surface area (Å²) in [5.74, 6) is 0.796. The molecule has 0 spiro atoms. The van der Waals surface area contributed by atoms with Crippen LogP contribution in [0.2, 0.25) is 0 Å². The predicted octanol–water partition coefficient (Wildman–Crippen LogP) is 2.87. The monoisotopic (exact) mass is 249 g/mol. The van der Waals surface area contributed by atoms with Gasteiger partial charge in [0.25, 0.3) is 0 Å². The second-order valence-corrected chi connectivity index (χ2v) is 4.60. The zero-order chi connectivity index (χ0) is 13.0. The van der Waals surface area contributed by atoms with Crippen molar-refractivity contribution in [1.29, 1.82) is 0 Å². The van der Waals surface area contributed by atoms with Crippen molar-refractivity contribution in [1.82, 2.24) is 10.1 Å². The number of hydrogen-bond donors (Lipinski definition) is 1. The molecule has 0 amide bonds. The number of aromatic nitrogens is 2. The lowest BCUT2D eigenvalue weighted by Crippen LogP contribution is -2.08. The molecular formula is C13H16FN3O. The maximum atomic E-state index is 13.0. The zero-order valence-corrected chi connectivity index (χ0v) is 10.5. The van der Waals surface area contributed by atoms with Gasteiger partial charge in [0.1, 0.15) is 5.82 Å². The van der Waals surface area contributed by atoms with Crippen LogP contribution in [0.1, 0.15) is 25.2 Å². The second kappa shape index (κ2) is 5.62. The van der Waals surface area contributed by atoms with Crippen molar-refractivity contribution in [3.05, 3.63) is 41.5 Å². The van der Waals surface area contributed by atoms with Crippen LogP contribution in [0.15, 0.2) is 28.8 Å². The van der Waals surface area contributed by atoms with E-state index in [1.54, 1.807) is 6.07 Å². The maximum Gasteiger partial charge on any atom is 0.321 e. The van der Waals surface area contributed by atoms with Crippen LogP contribution in [0.5, 0.6) is 0 Å². The fourth-order valence-corrected chi connectivity index (χ4v) is 1.52. The van der Waals surface area contributed by atoms with Gasteiger partial charge in [-0.3, -0.25) is 0 Å². The van der Waals surface area contributed by atoms with Crippen LogP contribution in [0, 0.1) is 11.7 Å². The van der Waals surface area contributed by atoms with Crippen LogP contribution in [-0.2, 0) is 6.42 Å². The van der Waals surface area contributed by atoms with Crippen molar-refractivity contribution in [3.63, 3.8) is 0 Å². The molecule has 5 heteroatoms. The van der Waals surface area contributed by atoms with E-state index in [9.17, 15) is 4.39 Å². The van der Waals surface area contributed by atoms with Crippen LogP contribution < -0.4 is 5.32 Å². The Kier molecular flexibility index (Phi) is 3.92. The highest BCUT2D eigenvalue weighted by molar-refractivity contribution is 5.23. The maximum absolute atomic E-state index is 13.0. The molecule has 1 heterocycles. The van der Waals surface area contributed by atoms with E-state index in [0.29, 0.717) is 24.2 Å². The normalized spacial score (nSPS) is 10.9. The Bertz CT molecular complexity index is 510. The van der Waals surface area contributed by atoms with Crippen LogP contribution in [-0.4, -0.2) is 16.7 Å². The van der Waals surface area contributed by atoms with Gasteiger partial charge in [0, 0.05) is 13.0 Å². The lowest BCUT2D eigenvalue weighted by Gasteiger charge is -2.02. The van der Waals surface area contributed by atoms with E-state index in [-0.39, 0.29) is 5.82 Å². The van der Waals surface area contributed by atoms with E-state index in [0.717, 1.165) is 12.1 Å². The third-order valence-electron chi connectivity index (χ3n) is 2.38. The van der Waals surface area contributed by atoms with E-state index >= 15 is 0 Å². The average molecular weight is 249 g/mol. The fourth-order valence-electron chi connectivity index (χ4n) is 1.52. The van der Waals surface area contributed by atoms with Gasteiger partial charge in [-0.1, -0.05) is 31.1 Å². The molecule has 1 N–H and O–H groups in total. The molecule has 0 saturated heterocycles. The Morgan fingerprint density at radius 1 is 1.39 bits per heavy atom. The Morgan fingerprint density at radius 2 is 2.22 bits per heavy atom. The molecule has 0 unspecified atom stereocenters. The van der Waals surface area contributed by atoms with Crippen molar-refractivity contribution in [2.75, 3.05) is 11.9 Å². The van der Waals surface area contributed by atoms with Gasteiger partial charge in [-0.05, 0) is 23.6 Å². The molecule has 0 radical (unpaired) electrons. The van der Waals surface area contributed by atoms with E-state index in [1.807, 2.05) is 6.07 Å². The first-order valence-electron chi connectivity index (χ1n) is 5.94. The summed E-state index contributed by atoms with van der Waals surface area (Å²) in [5, 5.41) is 6.90. The summed E-state index contributed by atoms with van der Waals surface area (Å²) in [7, 11) is 0. The first-order chi connectivity index (χ1) is 8.63. The molecule has 2 rings (SSSR count). The van der Waals surface area contributed by atoms with Crippen LogP contribution in [0.3, 0.4) is 0 Å². The molecule has 96 valence electrons. The van der Waals surface area contributed by atoms with Crippen molar-refractivity contribution in [2.45, 2.75) is 20.3 Å². The first-order valence-corrected chi connectivity index (χ1v) is 5.94. The minimum Gasteiger partial charge on any atom is -0.338 e. The Hall–Kier alpha value is -1.91. The van der Waals surface area contributed by atoms with Gasteiger partial charge in [0.15, 0.2) is 5.82 Å². The minimum atomic E-state index is -0.255. The first kappa shape index (κ1) is 12.5. The highest BCUT2D eigenvalue weighted by Crippen LogP contribution is 2.11. The Labute approximate surface area is 105 Å². The Morgan fingerprint density at radius 3 is 2.94 bits per heavy atom. The summed E-state index contributed by atoms with van der Waals surface area (Å²) < 4.78 is 18.1. The van der Waals surface area contributed by atoms with Gasteiger partial charge >= 0.3 is 6.01 Å². The lowest BCUT2D eigenvalue weighted by atomic mass is 10.1. The highest BCUT2D eigenvalue weighted by atomic mass is 19.1. The second-order valence-electron chi connectivity index (χ2n) is 4.60. The summed E-state index contributed by atoms with van der Waals surface area (Å²) in [4.78, 5) is 4.20. The quantitative estimate of drug-likeness (QED) is 0.885. The summed E-state index contributed by atoms with van der Waals surface area (Å²) in [6, 6.07) is 6.80. The van der Waals surface area contributed by atoms with Gasteiger partial charge in [-0.25, -0.2) is 4.39 Å². The highest BCUT2D eigenvalue weighted by Gasteiger charge is 2.07. The lowest BCUT2D eigenvalue weighted by molar-refractivity contribution is 0.421. The van der Waals surface area contributed by atoms with Crippen LogP contribution >= 0.6 is 0 Å². The van der Waals surface area contributed by atoms with Crippen LogP contribution in [0.4, 0.5) is 10.4 Å². The molecule has 0 atom stereocenters. The van der Waals surface area contributed by atoms with Crippen molar-refractivity contribution in [2.24, 2.45) is 5.92 Å². The third-order valence-corrected chi connectivity index (χ3v) is 2.38. The molecule has 0 aliphatic carbocycles. The van der Waals surface area contributed by atoms with E-state index in [1.165, 1.54) is 12.1 Å². The van der Waals surface area contributed by atoms with Gasteiger partial charge in [-0.2, -0.15) is 4.98 Å². The fraction of sp³-hybridized carbons (Fsp3) is 0.385. The number of hydrogen-bond acceptors (Lipinski definition) is 4. The van der Waals surface area contributed by atoms with Gasteiger partial charge in [0.2, 0.25) is 0 Å². The average Bonchev–Trinajstić information content (AvgIpc) is 2.74. The number of halogens is 1. The zero-order valence-electron chi connectivity index (χ0n) is 10.5. The molecule has 1 aromatic carbocycles. The largest absolute Gasteiger partial charge is 0.338 e. The molecule has 18 heavy (non-hydrogen) atoms. The van der Waals surface area contributed by atoms with Crippen LogP contribution in [0.25, 0.3) is 0 Å². The van der Waals surface area contributed by atoms with Crippen molar-refractivity contribution >= 4 is 6.01 Å². The number of nitrogens with one attached hydrogen (secondary N) is 1. The van der Waals surface area contributed by atoms with Crippen molar-refractivity contribution in [3.8, 4) is 0 Å². The summed E-state index contributed by atoms with van der Waals surface area (Å²) in [6.07, 6.45) is 0.463. The smallest absolute Gasteiger partial charge is 0.321 e. The molecule has 0 saturated carbocycles. The third kappa shape index (κ3) is 3.55. The molecule has 0 fully saturated rings. The van der Waals surface area contributed by atoms with Gasteiger partial charge < -0.3 is 9.84 Å². The minimum absolute atomic E-state index is 0.255. The molecule has 1 aromatic heterocycles. The summed E-state index contributed by atoms with van der Waals surface area (Å²) in [6.45, 7) is 4.97. The number of benzene rings is 1. The molecule has 0 bridgehead atoms. The van der Waals surface area contributed by atoms with E-state index in [2.05, 4.69) is 29.3 Å². The van der Waals surface area contributed by atoms with Gasteiger partial charge in [0.05, 0.1) is 0 Å². The Balaban J connectivity index is 1.98. The molecular weight excluding hydrogens is 233 g/mol. The SMILES string of the molecule is CC(C)CNc1nc(Cc2cccc(F)c2)no1. The molecule has 2 aromatic rings. The number of anilines is 1. The van der Waals surface area contributed by atoms with E-state index in [4.69, 9.17) is 4.52 Å². The van der Waals surface area contributed by atoms with Gasteiger partial charge in [-0.15, -0.1) is 0 Å². The number of nitrogens with zero attached hydrogens (tertiary/aromatic N) is 2. The topological polar surface area (TPSA) is 51.0 Å². The summed E-state index contributed by atoms with van der Waals surface area (Å²) in [5.41, 5.74) is 0.825. The summed E-state index contributed by atoms with van der Waals surface area (Å²) >= 11 is 0. The van der Waals surface area contributed by atoms with E-state index < -0.39 is 0 Å².